The van der Waals surface area contributed by atoms with E-state index in [1.807, 2.05) is 0 Å². The van der Waals surface area contributed by atoms with Crippen molar-refractivity contribution in [2.45, 2.75) is 0 Å². The number of imide groups is 2. The van der Waals surface area contributed by atoms with Crippen LogP contribution in [0.25, 0.3) is 0 Å². The van der Waals surface area contributed by atoms with Crippen molar-refractivity contribution in [3.05, 3.63) is 30.9 Å². The number of carbonyl (C=O) groups excluding carboxylic acids is 4. The molecule has 2 aliphatic heterocycles. The average molecular weight is 345 g/mol. The summed E-state index contributed by atoms with van der Waals surface area (Å²) in [5.41, 5.74) is 0.419. The van der Waals surface area contributed by atoms with Crippen molar-refractivity contribution in [3.8, 4) is 11.5 Å². The predicted octanol–water partition coefficient (Wildman–Crippen LogP) is 0.373. The van der Waals surface area contributed by atoms with Crippen LogP contribution in [0.3, 0.4) is 0 Å². The van der Waals surface area contributed by atoms with Gasteiger partial charge in [0, 0.05) is 18.3 Å². The Kier molecular flexibility index (Phi) is 4.38. The number of ether oxygens (including phenoxy) is 2. The van der Waals surface area contributed by atoms with E-state index in [-0.39, 0.29) is 6.54 Å². The molecule has 9 nitrogen and oxygen atoms in total. The summed E-state index contributed by atoms with van der Waals surface area (Å²) in [6.45, 7) is 3.62. The molecule has 3 rings (SSSR count). The first-order valence-corrected chi connectivity index (χ1v) is 7.49. The molecular formula is C16H15N3O6. The van der Waals surface area contributed by atoms with Crippen LogP contribution in [0.2, 0.25) is 0 Å². The van der Waals surface area contributed by atoms with Crippen molar-refractivity contribution in [1.82, 2.24) is 9.80 Å². The van der Waals surface area contributed by atoms with Gasteiger partial charge in [-0.15, -0.1) is 6.58 Å². The molecule has 25 heavy (non-hydrogen) atoms. The highest BCUT2D eigenvalue weighted by atomic mass is 16.6. The third-order valence-electron chi connectivity index (χ3n) is 3.57. The van der Waals surface area contributed by atoms with Gasteiger partial charge in [0.05, 0.1) is 0 Å². The SMILES string of the molecule is C=CCN1C(=O)C(=O)N(CC(=O)Nc2ccc3c(c2)OCCO3)C1=O. The van der Waals surface area contributed by atoms with E-state index in [2.05, 4.69) is 11.9 Å². The highest BCUT2D eigenvalue weighted by Gasteiger charge is 2.44. The first-order valence-electron chi connectivity index (χ1n) is 7.49. The van der Waals surface area contributed by atoms with Crippen LogP contribution in [-0.4, -0.2) is 59.9 Å². The Bertz CT molecular complexity index is 775. The third-order valence-corrected chi connectivity index (χ3v) is 3.57. The molecule has 0 saturated carbocycles. The van der Waals surface area contributed by atoms with Crippen molar-refractivity contribution in [2.75, 3.05) is 31.6 Å². The molecule has 0 unspecified atom stereocenters. The van der Waals surface area contributed by atoms with Gasteiger partial charge in [-0.1, -0.05) is 6.08 Å². The molecule has 0 bridgehead atoms. The van der Waals surface area contributed by atoms with Crippen LogP contribution >= 0.6 is 0 Å². The molecule has 1 aromatic carbocycles. The minimum absolute atomic E-state index is 0.0936. The van der Waals surface area contributed by atoms with E-state index in [1.54, 1.807) is 18.2 Å². The van der Waals surface area contributed by atoms with Crippen LogP contribution in [0, 0.1) is 0 Å². The summed E-state index contributed by atoms with van der Waals surface area (Å²) in [4.78, 5) is 49.1. The lowest BCUT2D eigenvalue weighted by Gasteiger charge is -2.19. The normalized spacial score (nSPS) is 16.2. The first-order chi connectivity index (χ1) is 12.0. The fourth-order valence-corrected chi connectivity index (χ4v) is 2.45. The quantitative estimate of drug-likeness (QED) is 0.470. The van der Waals surface area contributed by atoms with Crippen LogP contribution in [0.5, 0.6) is 11.5 Å². The Balaban J connectivity index is 1.66. The zero-order valence-electron chi connectivity index (χ0n) is 13.2. The molecule has 1 fully saturated rings. The number of hydrogen-bond donors (Lipinski definition) is 1. The molecule has 0 spiro atoms. The van der Waals surface area contributed by atoms with Gasteiger partial charge in [0.15, 0.2) is 11.5 Å². The molecular weight excluding hydrogens is 330 g/mol. The van der Waals surface area contributed by atoms with Crippen molar-refractivity contribution in [1.29, 1.82) is 0 Å². The number of hydrogen-bond acceptors (Lipinski definition) is 6. The Labute approximate surface area is 142 Å². The van der Waals surface area contributed by atoms with E-state index in [9.17, 15) is 19.2 Å². The van der Waals surface area contributed by atoms with E-state index in [0.717, 1.165) is 4.90 Å². The van der Waals surface area contributed by atoms with E-state index in [4.69, 9.17) is 9.47 Å². The van der Waals surface area contributed by atoms with Crippen LogP contribution in [0.1, 0.15) is 0 Å². The maximum Gasteiger partial charge on any atom is 0.335 e. The summed E-state index contributed by atoms with van der Waals surface area (Å²) in [5, 5.41) is 2.55. The summed E-state index contributed by atoms with van der Waals surface area (Å²) in [6, 6.07) is 3.99. The van der Waals surface area contributed by atoms with Crippen LogP contribution in [-0.2, 0) is 14.4 Å². The average Bonchev–Trinajstić information content (AvgIpc) is 2.80. The van der Waals surface area contributed by atoms with E-state index in [0.29, 0.717) is 35.3 Å². The number of amides is 5. The second-order valence-corrected chi connectivity index (χ2v) is 5.28. The third kappa shape index (κ3) is 3.16. The van der Waals surface area contributed by atoms with Gasteiger partial charge in [-0.05, 0) is 12.1 Å². The first kappa shape index (κ1) is 16.5. The van der Waals surface area contributed by atoms with Gasteiger partial charge in [0.2, 0.25) is 5.91 Å². The number of rotatable bonds is 5. The van der Waals surface area contributed by atoms with Gasteiger partial charge < -0.3 is 14.8 Å². The maximum atomic E-state index is 12.1. The second kappa shape index (κ2) is 6.63. The number of urea groups is 1. The van der Waals surface area contributed by atoms with Gasteiger partial charge in [0.1, 0.15) is 19.8 Å². The number of carbonyl (C=O) groups is 4. The summed E-state index contributed by atoms with van der Waals surface area (Å²) < 4.78 is 10.8. The van der Waals surface area contributed by atoms with Gasteiger partial charge in [-0.3, -0.25) is 19.3 Å². The predicted molar refractivity (Wildman–Crippen MR) is 85.1 cm³/mol. The van der Waals surface area contributed by atoms with E-state index in [1.165, 1.54) is 6.08 Å². The van der Waals surface area contributed by atoms with Crippen molar-refractivity contribution in [3.63, 3.8) is 0 Å². The maximum absolute atomic E-state index is 12.1. The number of fused-ring (bicyclic) bond motifs is 1. The molecule has 0 aliphatic carbocycles. The Morgan fingerprint density at radius 3 is 2.52 bits per heavy atom. The van der Waals surface area contributed by atoms with Crippen LogP contribution in [0.15, 0.2) is 30.9 Å². The summed E-state index contributed by atoms with van der Waals surface area (Å²) >= 11 is 0. The van der Waals surface area contributed by atoms with Crippen molar-refractivity contribution >= 4 is 29.4 Å². The molecule has 1 N–H and O–H groups in total. The number of nitrogens with one attached hydrogen (secondary N) is 1. The monoisotopic (exact) mass is 345 g/mol. The molecule has 0 atom stereocenters. The minimum Gasteiger partial charge on any atom is -0.486 e. The smallest absolute Gasteiger partial charge is 0.335 e. The van der Waals surface area contributed by atoms with E-state index >= 15 is 0 Å². The summed E-state index contributed by atoms with van der Waals surface area (Å²) in [6.07, 6.45) is 1.32. The van der Waals surface area contributed by atoms with E-state index < -0.39 is 30.3 Å². The Morgan fingerprint density at radius 1 is 1.12 bits per heavy atom. The number of benzene rings is 1. The molecule has 1 aromatic rings. The fourth-order valence-electron chi connectivity index (χ4n) is 2.45. The summed E-state index contributed by atoms with van der Waals surface area (Å²) in [5.74, 6) is -1.57. The zero-order valence-corrected chi connectivity index (χ0v) is 13.2. The van der Waals surface area contributed by atoms with Crippen molar-refractivity contribution in [2.24, 2.45) is 0 Å². The zero-order chi connectivity index (χ0) is 18.0. The second-order valence-electron chi connectivity index (χ2n) is 5.28. The van der Waals surface area contributed by atoms with Crippen LogP contribution in [0.4, 0.5) is 10.5 Å². The lowest BCUT2D eigenvalue weighted by molar-refractivity contribution is -0.143. The lowest BCUT2D eigenvalue weighted by Crippen LogP contribution is -2.39. The minimum atomic E-state index is -1.04. The summed E-state index contributed by atoms with van der Waals surface area (Å²) in [7, 11) is 0. The fraction of sp³-hybridized carbons (Fsp3) is 0.250. The molecule has 2 heterocycles. The molecule has 5 amide bonds. The molecule has 1 saturated heterocycles. The Morgan fingerprint density at radius 2 is 1.80 bits per heavy atom. The number of anilines is 1. The molecule has 130 valence electrons. The molecule has 2 aliphatic rings. The molecule has 0 radical (unpaired) electrons. The van der Waals surface area contributed by atoms with Crippen molar-refractivity contribution < 1.29 is 28.7 Å². The number of nitrogens with zero attached hydrogens (tertiary/aromatic N) is 2. The van der Waals surface area contributed by atoms with Gasteiger partial charge in [-0.25, -0.2) is 9.69 Å². The van der Waals surface area contributed by atoms with Gasteiger partial charge >= 0.3 is 17.8 Å². The highest BCUT2D eigenvalue weighted by Crippen LogP contribution is 2.32. The highest BCUT2D eigenvalue weighted by molar-refractivity contribution is 6.45. The van der Waals surface area contributed by atoms with Crippen LogP contribution < -0.4 is 14.8 Å². The standard InChI is InChI=1S/C16H15N3O6/c1-2-5-18-14(21)15(22)19(16(18)23)9-13(20)17-10-3-4-11-12(8-10)25-7-6-24-11/h2-4,8H,1,5-7,9H2,(H,17,20). The van der Waals surface area contributed by atoms with Gasteiger partial charge in [-0.2, -0.15) is 0 Å². The van der Waals surface area contributed by atoms with Gasteiger partial charge in [0.25, 0.3) is 0 Å². The Hall–Kier alpha value is -3.36. The topological polar surface area (TPSA) is 105 Å². The largest absolute Gasteiger partial charge is 0.486 e. The lowest BCUT2D eigenvalue weighted by atomic mass is 10.2. The molecule has 9 heteroatoms. The molecule has 0 aromatic heterocycles.